The monoisotopic (exact) mass is 380 g/mol. The van der Waals surface area contributed by atoms with Crippen molar-refractivity contribution in [2.24, 2.45) is 0 Å². The number of aromatic hydroxyl groups is 1. The summed E-state index contributed by atoms with van der Waals surface area (Å²) in [6, 6.07) is 5.79. The van der Waals surface area contributed by atoms with Crippen molar-refractivity contribution in [1.29, 1.82) is 0 Å². The Bertz CT molecular complexity index is 963. The van der Waals surface area contributed by atoms with Crippen LogP contribution in [0.1, 0.15) is 34.1 Å². The van der Waals surface area contributed by atoms with Crippen molar-refractivity contribution in [3.05, 3.63) is 52.3 Å². The van der Waals surface area contributed by atoms with E-state index in [1.165, 1.54) is 22.9 Å². The van der Waals surface area contributed by atoms with Gasteiger partial charge < -0.3 is 5.11 Å². The van der Waals surface area contributed by atoms with Crippen molar-refractivity contribution in [2.75, 3.05) is 11.5 Å². The Hall–Kier alpha value is -2.12. The third-order valence-corrected chi connectivity index (χ3v) is 6.28. The normalized spacial score (nSPS) is 19.5. The third kappa shape index (κ3) is 3.77. The summed E-state index contributed by atoms with van der Waals surface area (Å²) in [6.07, 6.45) is 3.41. The number of ketones is 1. The van der Waals surface area contributed by atoms with Crippen molar-refractivity contribution in [1.82, 2.24) is 9.78 Å². The second-order valence-electron chi connectivity index (χ2n) is 6.04. The number of allylic oxidation sites excluding steroid dienone is 1. The Morgan fingerprint density at radius 1 is 1.44 bits per heavy atom. The Morgan fingerprint density at radius 3 is 2.84 bits per heavy atom. The SMILES string of the molecule is Cc1nn([C@H]2CCS(=O)(=O)C2)c(Cl)c1/C=C/C(=O)c1cccc(O)c1. The summed E-state index contributed by atoms with van der Waals surface area (Å²) in [4.78, 5) is 12.2. The first-order valence-electron chi connectivity index (χ1n) is 7.73. The average molecular weight is 381 g/mol. The third-order valence-electron chi connectivity index (χ3n) is 4.16. The lowest BCUT2D eigenvalue weighted by Gasteiger charge is -2.09. The second-order valence-corrected chi connectivity index (χ2v) is 8.63. The smallest absolute Gasteiger partial charge is 0.185 e. The van der Waals surface area contributed by atoms with E-state index >= 15 is 0 Å². The number of phenolic OH excluding ortho intramolecular Hbond substituents is 1. The van der Waals surface area contributed by atoms with Gasteiger partial charge in [-0.25, -0.2) is 13.1 Å². The second kappa shape index (κ2) is 6.65. The van der Waals surface area contributed by atoms with Crippen LogP contribution in [0.4, 0.5) is 0 Å². The van der Waals surface area contributed by atoms with Gasteiger partial charge in [-0.3, -0.25) is 4.79 Å². The van der Waals surface area contributed by atoms with Gasteiger partial charge in [0.05, 0.1) is 23.2 Å². The molecule has 0 aliphatic carbocycles. The van der Waals surface area contributed by atoms with Crippen molar-refractivity contribution >= 4 is 33.3 Å². The van der Waals surface area contributed by atoms with Crippen LogP contribution >= 0.6 is 11.6 Å². The summed E-state index contributed by atoms with van der Waals surface area (Å²) in [5.41, 5.74) is 1.56. The molecule has 8 heteroatoms. The molecule has 0 bridgehead atoms. The molecule has 1 atom stereocenters. The number of hydrogen-bond donors (Lipinski definition) is 1. The van der Waals surface area contributed by atoms with Crippen LogP contribution in [0.15, 0.2) is 30.3 Å². The molecule has 1 N–H and O–H groups in total. The van der Waals surface area contributed by atoms with Crippen LogP contribution in [0.5, 0.6) is 5.75 Å². The number of hydrogen-bond acceptors (Lipinski definition) is 5. The topological polar surface area (TPSA) is 89.3 Å². The van der Waals surface area contributed by atoms with Crippen LogP contribution in [0.2, 0.25) is 5.15 Å². The molecule has 1 fully saturated rings. The lowest BCUT2D eigenvalue weighted by molar-refractivity contribution is 0.104. The first-order valence-corrected chi connectivity index (χ1v) is 9.93. The molecule has 2 heterocycles. The summed E-state index contributed by atoms with van der Waals surface area (Å²) < 4.78 is 24.8. The van der Waals surface area contributed by atoms with Gasteiger partial charge in [-0.2, -0.15) is 5.10 Å². The average Bonchev–Trinajstić information content (AvgIpc) is 3.04. The number of halogens is 1. The van der Waals surface area contributed by atoms with Gasteiger partial charge in [0, 0.05) is 11.1 Å². The number of carbonyl (C=O) groups is 1. The number of rotatable bonds is 4. The van der Waals surface area contributed by atoms with Crippen LogP contribution in [-0.2, 0) is 9.84 Å². The van der Waals surface area contributed by atoms with Gasteiger partial charge in [-0.15, -0.1) is 0 Å². The standard InChI is InChI=1S/C17H17ClN2O4S/c1-11-15(5-6-16(22)12-3-2-4-14(21)9-12)17(18)20(19-11)13-7-8-25(23,24)10-13/h2-6,9,13,21H,7-8,10H2,1H3/b6-5+/t13-/m0/s1. The van der Waals surface area contributed by atoms with E-state index in [1.807, 2.05) is 0 Å². The summed E-state index contributed by atoms with van der Waals surface area (Å²) in [6.45, 7) is 1.75. The zero-order valence-electron chi connectivity index (χ0n) is 13.5. The molecule has 0 radical (unpaired) electrons. The van der Waals surface area contributed by atoms with Gasteiger partial charge in [-0.1, -0.05) is 23.7 Å². The Balaban J connectivity index is 1.85. The summed E-state index contributed by atoms with van der Waals surface area (Å²) in [7, 11) is -3.05. The van der Waals surface area contributed by atoms with E-state index in [0.29, 0.717) is 28.4 Å². The summed E-state index contributed by atoms with van der Waals surface area (Å²) in [5, 5.41) is 14.1. The molecule has 1 aromatic carbocycles. The Morgan fingerprint density at radius 2 is 2.20 bits per heavy atom. The van der Waals surface area contributed by atoms with Gasteiger partial charge in [0.1, 0.15) is 10.9 Å². The molecule has 1 aromatic heterocycles. The lowest BCUT2D eigenvalue weighted by Crippen LogP contribution is -2.12. The van der Waals surface area contributed by atoms with Crippen molar-refractivity contribution in [3.8, 4) is 5.75 Å². The molecule has 2 aromatic rings. The van der Waals surface area contributed by atoms with Crippen LogP contribution in [0.25, 0.3) is 6.08 Å². The minimum absolute atomic E-state index is 0.0173. The van der Waals surface area contributed by atoms with E-state index in [-0.39, 0.29) is 29.1 Å². The quantitative estimate of drug-likeness (QED) is 0.650. The molecule has 0 unspecified atom stereocenters. The fourth-order valence-corrected chi connectivity index (χ4v) is 4.91. The molecule has 25 heavy (non-hydrogen) atoms. The van der Waals surface area contributed by atoms with E-state index in [9.17, 15) is 18.3 Å². The van der Waals surface area contributed by atoms with Gasteiger partial charge in [-0.05, 0) is 37.6 Å². The number of aromatic nitrogens is 2. The number of sulfone groups is 1. The number of carbonyl (C=O) groups excluding carboxylic acids is 1. The molecule has 1 saturated heterocycles. The van der Waals surface area contributed by atoms with Gasteiger partial charge in [0.25, 0.3) is 0 Å². The molecule has 1 aliphatic heterocycles. The van der Waals surface area contributed by atoms with E-state index in [0.717, 1.165) is 0 Å². The molecule has 0 saturated carbocycles. The predicted molar refractivity (Wildman–Crippen MR) is 95.8 cm³/mol. The van der Waals surface area contributed by atoms with Crippen LogP contribution in [0.3, 0.4) is 0 Å². The highest BCUT2D eigenvalue weighted by atomic mass is 35.5. The Kier molecular flexibility index (Phi) is 4.71. The fourth-order valence-electron chi connectivity index (χ4n) is 2.85. The highest BCUT2D eigenvalue weighted by Gasteiger charge is 2.31. The molecule has 3 rings (SSSR count). The highest BCUT2D eigenvalue weighted by molar-refractivity contribution is 7.91. The van der Waals surface area contributed by atoms with Crippen LogP contribution < -0.4 is 0 Å². The van der Waals surface area contributed by atoms with Gasteiger partial charge >= 0.3 is 0 Å². The minimum Gasteiger partial charge on any atom is -0.508 e. The first-order chi connectivity index (χ1) is 11.8. The lowest BCUT2D eigenvalue weighted by atomic mass is 10.1. The van der Waals surface area contributed by atoms with Gasteiger partial charge in [0.2, 0.25) is 0 Å². The number of nitrogens with zero attached hydrogens (tertiary/aromatic N) is 2. The molecule has 132 valence electrons. The molecule has 1 aliphatic rings. The molecular weight excluding hydrogens is 364 g/mol. The maximum Gasteiger partial charge on any atom is 0.185 e. The number of aryl methyl sites for hydroxylation is 1. The minimum atomic E-state index is -3.05. The largest absolute Gasteiger partial charge is 0.508 e. The van der Waals surface area contributed by atoms with Crippen molar-refractivity contribution in [3.63, 3.8) is 0 Å². The van der Waals surface area contributed by atoms with Crippen molar-refractivity contribution in [2.45, 2.75) is 19.4 Å². The molecule has 0 amide bonds. The summed E-state index contributed by atoms with van der Waals surface area (Å²) in [5.74, 6) is -0.0981. The predicted octanol–water partition coefficient (Wildman–Crippen LogP) is 2.81. The van der Waals surface area contributed by atoms with Crippen LogP contribution in [-0.4, -0.2) is 40.6 Å². The first kappa shape index (κ1) is 17.7. The van der Waals surface area contributed by atoms with E-state index in [2.05, 4.69) is 5.10 Å². The highest BCUT2D eigenvalue weighted by Crippen LogP contribution is 2.30. The van der Waals surface area contributed by atoms with E-state index in [1.54, 1.807) is 25.1 Å². The zero-order chi connectivity index (χ0) is 18.2. The molecule has 0 spiro atoms. The van der Waals surface area contributed by atoms with E-state index in [4.69, 9.17) is 11.6 Å². The van der Waals surface area contributed by atoms with Crippen molar-refractivity contribution < 1.29 is 18.3 Å². The van der Waals surface area contributed by atoms with E-state index < -0.39 is 9.84 Å². The van der Waals surface area contributed by atoms with Crippen LogP contribution in [0, 0.1) is 6.92 Å². The number of benzene rings is 1. The maximum atomic E-state index is 12.2. The molecule has 6 nitrogen and oxygen atoms in total. The number of phenols is 1. The summed E-state index contributed by atoms with van der Waals surface area (Å²) >= 11 is 6.36. The zero-order valence-corrected chi connectivity index (χ0v) is 15.1. The fraction of sp³-hybridized carbons (Fsp3) is 0.294. The Labute approximate surface area is 150 Å². The van der Waals surface area contributed by atoms with Gasteiger partial charge in [0.15, 0.2) is 15.6 Å². The molecular formula is C17H17ClN2O4S. The maximum absolute atomic E-state index is 12.2.